The number of nitro groups is 1. The van der Waals surface area contributed by atoms with Gasteiger partial charge < -0.3 is 14.6 Å². The summed E-state index contributed by atoms with van der Waals surface area (Å²) in [5.74, 6) is -0.798. The van der Waals surface area contributed by atoms with E-state index in [0.717, 1.165) is 38.9 Å². The molecule has 1 N–H and O–H groups in total. The second-order valence-electron chi connectivity index (χ2n) is 4.98. The van der Waals surface area contributed by atoms with Crippen LogP contribution in [-0.4, -0.2) is 41.4 Å². The van der Waals surface area contributed by atoms with E-state index in [1.165, 1.54) is 12.1 Å². The van der Waals surface area contributed by atoms with Crippen LogP contribution in [0.1, 0.15) is 36.7 Å². The maximum Gasteiger partial charge on any atom is 0.433 e. The smallest absolute Gasteiger partial charge is 0.395 e. The standard InChI is InChI=1S/C13H19N3O4/c1-2-7-15-8-5-10(6-9-15)14-13(17)11-3-4-12(20-11)16(18)19/h3-4,10H,2,5-9H2,1H3,(H,14,17). The van der Waals surface area contributed by atoms with Crippen molar-refractivity contribution in [3.8, 4) is 0 Å². The predicted octanol–water partition coefficient (Wildman–Crippen LogP) is 1.79. The number of amides is 1. The van der Waals surface area contributed by atoms with Gasteiger partial charge in [0, 0.05) is 19.1 Å². The summed E-state index contributed by atoms with van der Waals surface area (Å²) in [6, 6.07) is 2.64. The van der Waals surface area contributed by atoms with E-state index < -0.39 is 10.8 Å². The van der Waals surface area contributed by atoms with Gasteiger partial charge in [0.05, 0.1) is 6.07 Å². The highest BCUT2D eigenvalue weighted by Crippen LogP contribution is 2.17. The van der Waals surface area contributed by atoms with Crippen molar-refractivity contribution < 1.29 is 14.1 Å². The SMILES string of the molecule is CCCN1CCC(NC(=O)c2ccc([N+](=O)[O-])o2)CC1. The average Bonchev–Trinajstić information content (AvgIpc) is 2.91. The van der Waals surface area contributed by atoms with Gasteiger partial charge in [-0.1, -0.05) is 6.92 Å². The molecular weight excluding hydrogens is 262 g/mol. The molecule has 2 heterocycles. The highest BCUT2D eigenvalue weighted by atomic mass is 16.6. The molecule has 0 spiro atoms. The minimum absolute atomic E-state index is 0.00677. The third-order valence-electron chi connectivity index (χ3n) is 3.46. The lowest BCUT2D eigenvalue weighted by molar-refractivity contribution is -0.402. The van der Waals surface area contributed by atoms with Crippen LogP contribution < -0.4 is 5.32 Å². The molecular formula is C13H19N3O4. The number of piperidine rings is 1. The number of nitrogens with zero attached hydrogens (tertiary/aromatic N) is 2. The average molecular weight is 281 g/mol. The van der Waals surface area contributed by atoms with E-state index in [1.807, 2.05) is 0 Å². The second-order valence-corrected chi connectivity index (χ2v) is 4.98. The van der Waals surface area contributed by atoms with Gasteiger partial charge in [0.1, 0.15) is 4.92 Å². The third-order valence-corrected chi connectivity index (χ3v) is 3.46. The molecule has 1 amide bonds. The molecule has 1 aliphatic heterocycles. The maximum atomic E-state index is 11.9. The molecule has 1 saturated heterocycles. The van der Waals surface area contributed by atoms with E-state index >= 15 is 0 Å². The summed E-state index contributed by atoms with van der Waals surface area (Å²) >= 11 is 0. The summed E-state index contributed by atoms with van der Waals surface area (Å²) in [6.07, 6.45) is 2.93. The van der Waals surface area contributed by atoms with Gasteiger partial charge in [0.15, 0.2) is 5.76 Å². The van der Waals surface area contributed by atoms with Crippen LogP contribution in [0.3, 0.4) is 0 Å². The van der Waals surface area contributed by atoms with Gasteiger partial charge in [-0.2, -0.15) is 0 Å². The van der Waals surface area contributed by atoms with Crippen molar-refractivity contribution in [3.05, 3.63) is 28.0 Å². The molecule has 0 radical (unpaired) electrons. The largest absolute Gasteiger partial charge is 0.433 e. The molecule has 1 aromatic rings. The Morgan fingerprint density at radius 3 is 2.75 bits per heavy atom. The fraction of sp³-hybridized carbons (Fsp3) is 0.615. The molecule has 1 aliphatic rings. The van der Waals surface area contributed by atoms with E-state index in [-0.39, 0.29) is 17.7 Å². The monoisotopic (exact) mass is 281 g/mol. The molecule has 0 bridgehead atoms. The number of nitrogens with one attached hydrogen (secondary N) is 1. The summed E-state index contributed by atoms with van der Waals surface area (Å²) in [6.45, 7) is 5.18. The summed E-state index contributed by atoms with van der Waals surface area (Å²) in [4.78, 5) is 24.1. The fourth-order valence-electron chi connectivity index (χ4n) is 2.42. The Kier molecular flexibility index (Phi) is 4.73. The van der Waals surface area contributed by atoms with Crippen molar-refractivity contribution >= 4 is 11.8 Å². The Hall–Kier alpha value is -1.89. The molecule has 0 unspecified atom stereocenters. The Bertz CT molecular complexity index is 478. The van der Waals surface area contributed by atoms with Gasteiger partial charge in [-0.3, -0.25) is 14.9 Å². The first-order chi connectivity index (χ1) is 9.60. The van der Waals surface area contributed by atoms with Crippen molar-refractivity contribution in [1.82, 2.24) is 10.2 Å². The van der Waals surface area contributed by atoms with Crippen LogP contribution in [0.5, 0.6) is 0 Å². The molecule has 7 nitrogen and oxygen atoms in total. The number of carbonyl (C=O) groups excluding carboxylic acids is 1. The van der Waals surface area contributed by atoms with Crippen LogP contribution in [0.15, 0.2) is 16.5 Å². The van der Waals surface area contributed by atoms with Crippen molar-refractivity contribution in [1.29, 1.82) is 0 Å². The molecule has 1 aromatic heterocycles. The highest BCUT2D eigenvalue weighted by molar-refractivity contribution is 5.91. The van der Waals surface area contributed by atoms with Crippen molar-refractivity contribution in [2.45, 2.75) is 32.2 Å². The second kappa shape index (κ2) is 6.51. The van der Waals surface area contributed by atoms with Crippen molar-refractivity contribution in [2.24, 2.45) is 0 Å². The minimum Gasteiger partial charge on any atom is -0.395 e. The quantitative estimate of drug-likeness (QED) is 0.656. The molecule has 20 heavy (non-hydrogen) atoms. The van der Waals surface area contributed by atoms with Gasteiger partial charge in [-0.15, -0.1) is 0 Å². The van der Waals surface area contributed by atoms with Crippen LogP contribution >= 0.6 is 0 Å². The number of hydrogen-bond donors (Lipinski definition) is 1. The molecule has 0 aliphatic carbocycles. The van der Waals surface area contributed by atoms with Crippen LogP contribution in [0.25, 0.3) is 0 Å². The van der Waals surface area contributed by atoms with Gasteiger partial charge in [0.2, 0.25) is 0 Å². The molecule has 7 heteroatoms. The zero-order valence-electron chi connectivity index (χ0n) is 11.5. The Balaban J connectivity index is 1.84. The first-order valence-electron chi connectivity index (χ1n) is 6.87. The van der Waals surface area contributed by atoms with Gasteiger partial charge in [0.25, 0.3) is 5.91 Å². The summed E-state index contributed by atoms with van der Waals surface area (Å²) < 4.78 is 4.89. The molecule has 110 valence electrons. The number of rotatable bonds is 5. The third kappa shape index (κ3) is 3.57. The summed E-state index contributed by atoms with van der Waals surface area (Å²) in [7, 11) is 0. The summed E-state index contributed by atoms with van der Waals surface area (Å²) in [5.41, 5.74) is 0. The molecule has 1 fully saturated rings. The van der Waals surface area contributed by atoms with E-state index in [9.17, 15) is 14.9 Å². The topological polar surface area (TPSA) is 88.6 Å². The van der Waals surface area contributed by atoms with Gasteiger partial charge in [-0.25, -0.2) is 0 Å². The molecule has 0 atom stereocenters. The van der Waals surface area contributed by atoms with Gasteiger partial charge >= 0.3 is 5.88 Å². The van der Waals surface area contributed by atoms with Crippen molar-refractivity contribution in [2.75, 3.05) is 19.6 Å². The van der Waals surface area contributed by atoms with Crippen molar-refractivity contribution in [3.63, 3.8) is 0 Å². The normalized spacial score (nSPS) is 17.1. The maximum absolute atomic E-state index is 11.9. The number of likely N-dealkylation sites (tertiary alicyclic amines) is 1. The molecule has 2 rings (SSSR count). The summed E-state index contributed by atoms with van der Waals surface area (Å²) in [5, 5.41) is 13.4. The molecule has 0 saturated carbocycles. The van der Waals surface area contributed by atoms with E-state index in [2.05, 4.69) is 17.1 Å². The van der Waals surface area contributed by atoms with E-state index in [4.69, 9.17) is 4.42 Å². The highest BCUT2D eigenvalue weighted by Gasteiger charge is 2.23. The number of carbonyl (C=O) groups is 1. The lowest BCUT2D eigenvalue weighted by Crippen LogP contribution is -2.44. The first-order valence-corrected chi connectivity index (χ1v) is 6.87. The molecule has 0 aromatic carbocycles. The zero-order valence-corrected chi connectivity index (χ0v) is 11.5. The fourth-order valence-corrected chi connectivity index (χ4v) is 2.42. The predicted molar refractivity (Wildman–Crippen MR) is 72.6 cm³/mol. The lowest BCUT2D eigenvalue weighted by Gasteiger charge is -2.31. The Morgan fingerprint density at radius 1 is 1.50 bits per heavy atom. The number of furan rings is 1. The van der Waals surface area contributed by atoms with E-state index in [1.54, 1.807) is 0 Å². The van der Waals surface area contributed by atoms with Crippen LogP contribution in [-0.2, 0) is 0 Å². The van der Waals surface area contributed by atoms with Crippen LogP contribution in [0, 0.1) is 10.1 Å². The van der Waals surface area contributed by atoms with E-state index in [0.29, 0.717) is 0 Å². The minimum atomic E-state index is -0.653. The first kappa shape index (κ1) is 14.5. The van der Waals surface area contributed by atoms with Crippen LogP contribution in [0.4, 0.5) is 5.88 Å². The van der Waals surface area contributed by atoms with Gasteiger partial charge in [-0.05, 0) is 31.9 Å². The Labute approximate surface area is 117 Å². The Morgan fingerprint density at radius 2 is 2.20 bits per heavy atom. The lowest BCUT2D eigenvalue weighted by atomic mass is 10.0. The van der Waals surface area contributed by atoms with Crippen LogP contribution in [0.2, 0.25) is 0 Å². The zero-order chi connectivity index (χ0) is 14.5. The number of hydrogen-bond acceptors (Lipinski definition) is 5.